The van der Waals surface area contributed by atoms with Crippen molar-refractivity contribution in [2.24, 2.45) is 0 Å². The van der Waals surface area contributed by atoms with Gasteiger partial charge in [0.2, 0.25) is 0 Å². The van der Waals surface area contributed by atoms with Gasteiger partial charge in [-0.05, 0) is 54.6 Å². The maximum absolute atomic E-state index is 13.3. The van der Waals surface area contributed by atoms with Crippen molar-refractivity contribution >= 4 is 34.9 Å². The van der Waals surface area contributed by atoms with Crippen LogP contribution in [-0.2, 0) is 6.18 Å². The Hall–Kier alpha value is -3.85. The van der Waals surface area contributed by atoms with Gasteiger partial charge in [0.05, 0.1) is 23.4 Å². The van der Waals surface area contributed by atoms with Gasteiger partial charge in [-0.15, -0.1) is 0 Å². The number of rotatable bonds is 4. The highest BCUT2D eigenvalue weighted by atomic mass is 35.5. The molecule has 2 amide bonds. The van der Waals surface area contributed by atoms with E-state index in [1.165, 1.54) is 29.3 Å². The molecule has 1 aromatic heterocycles. The highest BCUT2D eigenvalue weighted by molar-refractivity contribution is 6.30. The molecular weight excluding hydrogens is 469 g/mol. The number of benzene rings is 2. The molecule has 2 aromatic carbocycles. The van der Waals surface area contributed by atoms with Gasteiger partial charge in [0, 0.05) is 29.7 Å². The summed E-state index contributed by atoms with van der Waals surface area (Å²) in [6, 6.07) is 14.5. The second-order valence-electron chi connectivity index (χ2n) is 7.43. The zero-order valence-corrected chi connectivity index (χ0v) is 18.3. The van der Waals surface area contributed by atoms with Crippen molar-refractivity contribution in [2.75, 3.05) is 23.4 Å². The van der Waals surface area contributed by atoms with Crippen LogP contribution >= 0.6 is 11.6 Å². The quantitative estimate of drug-likeness (QED) is 0.533. The topological polar surface area (TPSA) is 65.5 Å². The molecule has 4 rings (SSSR count). The summed E-state index contributed by atoms with van der Waals surface area (Å²) in [5.74, 6) is -0.668. The van der Waals surface area contributed by atoms with E-state index in [4.69, 9.17) is 11.6 Å². The number of halogens is 4. The van der Waals surface area contributed by atoms with Gasteiger partial charge in [0.1, 0.15) is 5.82 Å². The lowest BCUT2D eigenvalue weighted by atomic mass is 10.1. The largest absolute Gasteiger partial charge is 0.417 e. The molecule has 1 N–H and O–H groups in total. The lowest BCUT2D eigenvalue weighted by Crippen LogP contribution is -2.43. The number of anilines is 2. The van der Waals surface area contributed by atoms with Crippen molar-refractivity contribution in [3.8, 4) is 0 Å². The van der Waals surface area contributed by atoms with E-state index in [0.717, 1.165) is 6.07 Å². The average molecular weight is 487 g/mol. The molecule has 0 spiro atoms. The molecule has 0 saturated heterocycles. The van der Waals surface area contributed by atoms with Gasteiger partial charge in [-0.2, -0.15) is 13.2 Å². The predicted molar refractivity (Wildman–Crippen MR) is 123 cm³/mol. The summed E-state index contributed by atoms with van der Waals surface area (Å²) in [5, 5.41) is 3.28. The van der Waals surface area contributed by atoms with Crippen molar-refractivity contribution < 1.29 is 22.8 Å². The Kier molecular flexibility index (Phi) is 6.56. The first kappa shape index (κ1) is 23.3. The molecule has 0 fully saturated rings. The highest BCUT2D eigenvalue weighted by Crippen LogP contribution is 2.32. The van der Waals surface area contributed by atoms with Crippen LogP contribution in [0.25, 0.3) is 0 Å². The second kappa shape index (κ2) is 9.56. The van der Waals surface area contributed by atoms with Crippen molar-refractivity contribution in [1.29, 1.82) is 0 Å². The first-order valence-electron chi connectivity index (χ1n) is 10.1. The van der Waals surface area contributed by atoms with Gasteiger partial charge in [-0.25, -0.2) is 4.98 Å². The van der Waals surface area contributed by atoms with E-state index in [2.05, 4.69) is 10.3 Å². The van der Waals surface area contributed by atoms with Crippen LogP contribution < -0.4 is 10.2 Å². The molecule has 0 unspecified atom stereocenters. The third-order valence-corrected chi connectivity index (χ3v) is 5.34. The summed E-state index contributed by atoms with van der Waals surface area (Å²) in [4.78, 5) is 32.5. The van der Waals surface area contributed by atoms with Crippen molar-refractivity contribution in [3.63, 3.8) is 0 Å². The minimum atomic E-state index is -4.64. The van der Waals surface area contributed by atoms with Crippen LogP contribution in [0.2, 0.25) is 5.02 Å². The van der Waals surface area contributed by atoms with Gasteiger partial charge in [-0.3, -0.25) is 9.59 Å². The van der Waals surface area contributed by atoms with E-state index in [1.807, 2.05) is 0 Å². The molecule has 6 nitrogen and oxygen atoms in total. The Balaban J connectivity index is 1.46. The van der Waals surface area contributed by atoms with Crippen LogP contribution in [0, 0.1) is 0 Å². The lowest BCUT2D eigenvalue weighted by Gasteiger charge is -2.32. The molecule has 10 heteroatoms. The SMILES string of the molecule is O=C(Nc1ccc(Cl)cc1)c1ccc(N2C=CCN(C(=O)c3ccccc3C(F)(F)F)C2)nc1. The van der Waals surface area contributed by atoms with E-state index in [1.54, 1.807) is 53.6 Å². The predicted octanol–water partition coefficient (Wildman–Crippen LogP) is 5.44. The number of hydrogen-bond donors (Lipinski definition) is 1. The number of alkyl halides is 3. The number of nitrogens with one attached hydrogen (secondary N) is 1. The van der Waals surface area contributed by atoms with Gasteiger partial charge < -0.3 is 15.1 Å². The lowest BCUT2D eigenvalue weighted by molar-refractivity contribution is -0.138. The molecule has 0 radical (unpaired) electrons. The van der Waals surface area contributed by atoms with Crippen LogP contribution in [0.5, 0.6) is 0 Å². The minimum Gasteiger partial charge on any atom is -0.322 e. The molecule has 0 bridgehead atoms. The zero-order valence-electron chi connectivity index (χ0n) is 17.6. The Morgan fingerprint density at radius 1 is 1.00 bits per heavy atom. The van der Waals surface area contributed by atoms with Crippen molar-refractivity contribution in [1.82, 2.24) is 9.88 Å². The third kappa shape index (κ3) is 5.20. The number of carbonyl (C=O) groups excluding carboxylic acids is 2. The molecule has 1 aliphatic heterocycles. The van der Waals surface area contributed by atoms with Crippen LogP contribution in [0.4, 0.5) is 24.7 Å². The standard InChI is InChI=1S/C24H18ClF3N4O2/c25-17-7-9-18(10-8-17)30-22(33)16-6-11-21(29-14-16)31-12-3-13-32(15-31)23(34)19-4-1-2-5-20(19)24(26,27)28/h1-12,14H,13,15H2,(H,30,33). The summed E-state index contributed by atoms with van der Waals surface area (Å²) in [6.45, 7) is 0.161. The van der Waals surface area contributed by atoms with E-state index in [-0.39, 0.29) is 19.1 Å². The van der Waals surface area contributed by atoms with Crippen molar-refractivity contribution in [2.45, 2.75) is 6.18 Å². The number of amides is 2. The van der Waals surface area contributed by atoms with E-state index >= 15 is 0 Å². The summed E-state index contributed by atoms with van der Waals surface area (Å²) in [7, 11) is 0. The Morgan fingerprint density at radius 2 is 1.74 bits per heavy atom. The van der Waals surface area contributed by atoms with Crippen molar-refractivity contribution in [3.05, 3.63) is 101 Å². The van der Waals surface area contributed by atoms with Gasteiger partial charge >= 0.3 is 6.18 Å². The first-order chi connectivity index (χ1) is 16.2. The molecule has 0 saturated carbocycles. The maximum Gasteiger partial charge on any atom is 0.417 e. The van der Waals surface area contributed by atoms with E-state index in [0.29, 0.717) is 22.1 Å². The van der Waals surface area contributed by atoms with Gasteiger partial charge in [0.15, 0.2) is 0 Å². The maximum atomic E-state index is 13.3. The van der Waals surface area contributed by atoms with Crippen LogP contribution in [-0.4, -0.2) is 34.9 Å². The normalized spacial score (nSPS) is 13.6. The number of pyridine rings is 1. The highest BCUT2D eigenvalue weighted by Gasteiger charge is 2.36. The molecule has 174 valence electrons. The van der Waals surface area contributed by atoms with Gasteiger partial charge in [0.25, 0.3) is 11.8 Å². The second-order valence-corrected chi connectivity index (χ2v) is 7.87. The van der Waals surface area contributed by atoms with E-state index < -0.39 is 23.2 Å². The summed E-state index contributed by atoms with van der Waals surface area (Å²) in [5.41, 5.74) is -0.500. The fourth-order valence-electron chi connectivity index (χ4n) is 3.40. The fourth-order valence-corrected chi connectivity index (χ4v) is 3.53. The molecule has 2 heterocycles. The Morgan fingerprint density at radius 3 is 2.41 bits per heavy atom. The Bertz CT molecular complexity index is 1230. The molecule has 0 atom stereocenters. The minimum absolute atomic E-state index is 0.00480. The first-order valence-corrected chi connectivity index (χ1v) is 10.5. The van der Waals surface area contributed by atoms with Crippen LogP contribution in [0.1, 0.15) is 26.3 Å². The number of hydrogen-bond acceptors (Lipinski definition) is 4. The summed E-state index contributed by atoms with van der Waals surface area (Å²) >= 11 is 5.84. The summed E-state index contributed by atoms with van der Waals surface area (Å²) < 4.78 is 40.0. The van der Waals surface area contributed by atoms with Crippen LogP contribution in [0.3, 0.4) is 0 Å². The monoisotopic (exact) mass is 486 g/mol. The molecular formula is C24H18ClF3N4O2. The number of aromatic nitrogens is 1. The summed E-state index contributed by atoms with van der Waals surface area (Å²) in [6.07, 6.45) is 0.0886. The van der Waals surface area contributed by atoms with Gasteiger partial charge in [-0.1, -0.05) is 23.7 Å². The average Bonchev–Trinajstić information content (AvgIpc) is 2.84. The smallest absolute Gasteiger partial charge is 0.322 e. The zero-order chi connectivity index (χ0) is 24.3. The molecule has 3 aromatic rings. The number of nitrogens with zero attached hydrogens (tertiary/aromatic N) is 3. The Labute approximate surface area is 198 Å². The van der Waals surface area contributed by atoms with E-state index in [9.17, 15) is 22.8 Å². The third-order valence-electron chi connectivity index (χ3n) is 5.09. The number of carbonyl (C=O) groups is 2. The molecule has 0 aliphatic carbocycles. The van der Waals surface area contributed by atoms with Crippen LogP contribution in [0.15, 0.2) is 79.1 Å². The molecule has 34 heavy (non-hydrogen) atoms. The fraction of sp³-hybridized carbons (Fsp3) is 0.125. The molecule has 1 aliphatic rings.